The van der Waals surface area contributed by atoms with Crippen LogP contribution in [0.2, 0.25) is 5.02 Å². The number of halogens is 1. The van der Waals surface area contributed by atoms with Crippen molar-refractivity contribution in [1.29, 1.82) is 0 Å². The summed E-state index contributed by atoms with van der Waals surface area (Å²) < 4.78 is 13.6. The van der Waals surface area contributed by atoms with Crippen molar-refractivity contribution in [1.82, 2.24) is 9.78 Å². The van der Waals surface area contributed by atoms with Gasteiger partial charge in [-0.15, -0.1) is 0 Å². The van der Waals surface area contributed by atoms with Crippen LogP contribution in [0.25, 0.3) is 0 Å². The normalized spacial score (nSPS) is 17.1. The van der Waals surface area contributed by atoms with Gasteiger partial charge in [0.15, 0.2) is 0 Å². The second-order valence-corrected chi connectivity index (χ2v) is 8.38. The molecule has 122 valence electrons. The third-order valence-corrected chi connectivity index (χ3v) is 5.19. The van der Waals surface area contributed by atoms with E-state index in [4.69, 9.17) is 11.6 Å². The summed E-state index contributed by atoms with van der Waals surface area (Å²) in [5.74, 6) is 1.18. The molecule has 23 heavy (non-hydrogen) atoms. The molecule has 1 aliphatic rings. The molecule has 0 unspecified atom stereocenters. The number of hydrogen-bond acceptors (Lipinski definition) is 3. The fraction of sp³-hybridized carbons (Fsp3) is 0.375. The summed E-state index contributed by atoms with van der Waals surface area (Å²) in [6.07, 6.45) is 0. The maximum absolute atomic E-state index is 12.6. The van der Waals surface area contributed by atoms with Gasteiger partial charge in [0.2, 0.25) is 0 Å². The molecule has 0 bridgehead atoms. The van der Waals surface area contributed by atoms with Crippen molar-refractivity contribution in [3.05, 3.63) is 46.1 Å². The highest BCUT2D eigenvalue weighted by atomic mass is 35.5. The van der Waals surface area contributed by atoms with Crippen LogP contribution >= 0.6 is 11.6 Å². The minimum Gasteiger partial charge on any atom is -0.306 e. The second kappa shape index (κ2) is 5.76. The third-order valence-electron chi connectivity index (χ3n) is 3.66. The predicted octanol–water partition coefficient (Wildman–Crippen LogP) is 3.31. The zero-order chi connectivity index (χ0) is 16.8. The summed E-state index contributed by atoms with van der Waals surface area (Å²) in [5, 5.41) is 7.87. The third kappa shape index (κ3) is 3.05. The molecule has 7 heteroatoms. The van der Waals surface area contributed by atoms with Crippen LogP contribution in [0.15, 0.2) is 24.3 Å². The Balaban J connectivity index is 2.01. The smallest absolute Gasteiger partial charge is 0.258 e. The molecule has 0 fully saturated rings. The zero-order valence-corrected chi connectivity index (χ0v) is 14.8. The number of fused-ring (bicyclic) bond motifs is 1. The Morgan fingerprint density at radius 3 is 2.65 bits per heavy atom. The SMILES string of the molecule is CC(C)(C)n1nc2c(c1NC(=O)c1ccccc1Cl)C[S@](=O)C2. The molecule has 1 atom stereocenters. The van der Waals surface area contributed by atoms with Crippen molar-refractivity contribution in [3.63, 3.8) is 0 Å². The quantitative estimate of drug-likeness (QED) is 0.902. The largest absolute Gasteiger partial charge is 0.306 e. The number of aromatic nitrogens is 2. The van der Waals surface area contributed by atoms with Crippen LogP contribution in [0.4, 0.5) is 5.82 Å². The van der Waals surface area contributed by atoms with Gasteiger partial charge in [0.1, 0.15) is 5.82 Å². The topological polar surface area (TPSA) is 64.0 Å². The highest BCUT2D eigenvalue weighted by molar-refractivity contribution is 7.83. The van der Waals surface area contributed by atoms with E-state index in [0.29, 0.717) is 27.9 Å². The summed E-state index contributed by atoms with van der Waals surface area (Å²) in [5.41, 5.74) is 1.77. The van der Waals surface area contributed by atoms with E-state index in [9.17, 15) is 9.00 Å². The Labute approximate surface area is 142 Å². The van der Waals surface area contributed by atoms with Gasteiger partial charge in [0.25, 0.3) is 5.91 Å². The highest BCUT2D eigenvalue weighted by Gasteiger charge is 2.31. The molecule has 5 nitrogen and oxygen atoms in total. The van der Waals surface area contributed by atoms with Gasteiger partial charge in [-0.25, -0.2) is 4.68 Å². The summed E-state index contributed by atoms with van der Waals surface area (Å²) in [7, 11) is -0.950. The average molecular weight is 352 g/mol. The highest BCUT2D eigenvalue weighted by Crippen LogP contribution is 2.33. The molecule has 1 aromatic carbocycles. The fourth-order valence-corrected chi connectivity index (χ4v) is 4.05. The van der Waals surface area contributed by atoms with Gasteiger partial charge < -0.3 is 5.32 Å². The number of rotatable bonds is 2. The maximum Gasteiger partial charge on any atom is 0.258 e. The lowest BCUT2D eigenvalue weighted by atomic mass is 10.1. The van der Waals surface area contributed by atoms with Crippen molar-refractivity contribution >= 4 is 34.1 Å². The molecule has 3 rings (SSSR count). The second-order valence-electron chi connectivity index (χ2n) is 6.52. The Hall–Kier alpha value is -1.66. The van der Waals surface area contributed by atoms with Crippen LogP contribution in [0.3, 0.4) is 0 Å². The van der Waals surface area contributed by atoms with E-state index in [1.54, 1.807) is 28.9 Å². The van der Waals surface area contributed by atoms with E-state index in [2.05, 4.69) is 10.4 Å². The molecule has 2 aromatic rings. The molecule has 0 saturated carbocycles. The van der Waals surface area contributed by atoms with Crippen LogP contribution in [-0.2, 0) is 27.8 Å². The van der Waals surface area contributed by atoms with Gasteiger partial charge >= 0.3 is 0 Å². The molecular formula is C16H18ClN3O2S. The van der Waals surface area contributed by atoms with Gasteiger partial charge in [-0.3, -0.25) is 9.00 Å². The van der Waals surface area contributed by atoms with E-state index in [1.807, 2.05) is 20.8 Å². The van der Waals surface area contributed by atoms with Gasteiger partial charge in [0, 0.05) is 16.4 Å². The molecule has 1 aromatic heterocycles. The number of amides is 1. The van der Waals surface area contributed by atoms with Crippen molar-refractivity contribution in [2.45, 2.75) is 37.8 Å². The molecule has 2 heterocycles. The first-order valence-corrected chi connectivity index (χ1v) is 9.16. The number of nitrogens with one attached hydrogen (secondary N) is 1. The number of anilines is 1. The molecule has 0 radical (unpaired) electrons. The van der Waals surface area contributed by atoms with E-state index in [-0.39, 0.29) is 11.4 Å². The van der Waals surface area contributed by atoms with E-state index in [1.165, 1.54) is 0 Å². The summed E-state index contributed by atoms with van der Waals surface area (Å²) >= 11 is 6.10. The number of hydrogen-bond donors (Lipinski definition) is 1. The first-order valence-electron chi connectivity index (χ1n) is 7.29. The lowest BCUT2D eigenvalue weighted by Gasteiger charge is -2.23. The van der Waals surface area contributed by atoms with Gasteiger partial charge in [-0.2, -0.15) is 5.10 Å². The van der Waals surface area contributed by atoms with Crippen LogP contribution < -0.4 is 5.32 Å². The predicted molar refractivity (Wildman–Crippen MR) is 92.2 cm³/mol. The monoisotopic (exact) mass is 351 g/mol. The Kier molecular flexibility index (Phi) is 4.06. The molecule has 0 aliphatic carbocycles. The minimum absolute atomic E-state index is 0.290. The molecule has 1 aliphatic heterocycles. The first-order chi connectivity index (χ1) is 10.8. The Morgan fingerprint density at radius 1 is 1.30 bits per heavy atom. The van der Waals surface area contributed by atoms with Crippen molar-refractivity contribution in [3.8, 4) is 0 Å². The van der Waals surface area contributed by atoms with Crippen LogP contribution in [0.5, 0.6) is 0 Å². The Bertz CT molecular complexity index is 808. The molecule has 1 amide bonds. The Morgan fingerprint density at radius 2 is 2.00 bits per heavy atom. The minimum atomic E-state index is -0.950. The number of carbonyl (C=O) groups excluding carboxylic acids is 1. The molecule has 0 saturated heterocycles. The van der Waals surface area contributed by atoms with Crippen molar-refractivity contribution < 1.29 is 9.00 Å². The number of benzene rings is 1. The molecule has 0 spiro atoms. The van der Waals surface area contributed by atoms with Crippen LogP contribution in [-0.4, -0.2) is 19.9 Å². The van der Waals surface area contributed by atoms with E-state index < -0.39 is 10.8 Å². The number of nitrogens with zero attached hydrogens (tertiary/aromatic N) is 2. The fourth-order valence-electron chi connectivity index (χ4n) is 2.56. The molecular weight excluding hydrogens is 334 g/mol. The summed E-state index contributed by atoms with van der Waals surface area (Å²) in [6.45, 7) is 6.03. The summed E-state index contributed by atoms with van der Waals surface area (Å²) in [6, 6.07) is 6.89. The zero-order valence-electron chi connectivity index (χ0n) is 13.2. The van der Waals surface area contributed by atoms with E-state index in [0.717, 1.165) is 11.3 Å². The van der Waals surface area contributed by atoms with Crippen LogP contribution in [0, 0.1) is 0 Å². The number of carbonyl (C=O) groups is 1. The van der Waals surface area contributed by atoms with Gasteiger partial charge in [0.05, 0.1) is 33.3 Å². The first kappa shape index (κ1) is 16.2. The standard InChI is InChI=1S/C16H18ClN3O2S/c1-16(2,3)20-14(11-8-23(22)9-13(11)19-20)18-15(21)10-6-4-5-7-12(10)17/h4-7H,8-9H2,1-3H3,(H,18,21)/t23-/m0/s1. The van der Waals surface area contributed by atoms with Crippen molar-refractivity contribution in [2.24, 2.45) is 0 Å². The maximum atomic E-state index is 12.6. The average Bonchev–Trinajstić information content (AvgIpc) is 2.96. The summed E-state index contributed by atoms with van der Waals surface area (Å²) in [4.78, 5) is 12.6. The van der Waals surface area contributed by atoms with E-state index >= 15 is 0 Å². The van der Waals surface area contributed by atoms with Crippen LogP contribution in [0.1, 0.15) is 42.4 Å². The van der Waals surface area contributed by atoms with Gasteiger partial charge in [-0.05, 0) is 32.9 Å². The lowest BCUT2D eigenvalue weighted by molar-refractivity contribution is 0.102. The van der Waals surface area contributed by atoms with Crippen molar-refractivity contribution in [2.75, 3.05) is 5.32 Å². The van der Waals surface area contributed by atoms with Gasteiger partial charge in [-0.1, -0.05) is 23.7 Å². The lowest BCUT2D eigenvalue weighted by Crippen LogP contribution is -2.27. The molecule has 1 N–H and O–H groups in total.